The van der Waals surface area contributed by atoms with Crippen molar-refractivity contribution in [2.24, 2.45) is 11.8 Å². The minimum Gasteiger partial charge on any atom is -0.295 e. The van der Waals surface area contributed by atoms with Crippen LogP contribution >= 0.6 is 0 Å². The van der Waals surface area contributed by atoms with Crippen LogP contribution in [0, 0.1) is 23.2 Å². The number of nitrogens with zero attached hydrogens (tertiary/aromatic N) is 2. The molecule has 21 heavy (non-hydrogen) atoms. The van der Waals surface area contributed by atoms with Crippen LogP contribution in [0.25, 0.3) is 0 Å². The number of nitriles is 1. The van der Waals surface area contributed by atoms with Gasteiger partial charge < -0.3 is 0 Å². The molecule has 0 aliphatic rings. The molecule has 0 saturated carbocycles. The summed E-state index contributed by atoms with van der Waals surface area (Å²) in [7, 11) is 0. The standard InChI is InChI=1S/C19H30N2/c1-16(2)11-14-21(15-12-17(3)4)19(10-13-20)18-8-6-5-7-9-18/h5-9,16-17,19H,10-12,14-15H2,1-4H3. The van der Waals surface area contributed by atoms with E-state index in [2.05, 4.69) is 62.9 Å². The highest BCUT2D eigenvalue weighted by atomic mass is 15.1. The fraction of sp³-hybridized carbons (Fsp3) is 0.632. The van der Waals surface area contributed by atoms with Crippen LogP contribution in [-0.4, -0.2) is 18.0 Å². The van der Waals surface area contributed by atoms with Crippen molar-refractivity contribution in [2.75, 3.05) is 13.1 Å². The van der Waals surface area contributed by atoms with Crippen molar-refractivity contribution in [3.63, 3.8) is 0 Å². The van der Waals surface area contributed by atoms with E-state index in [9.17, 15) is 5.26 Å². The Kier molecular flexibility index (Phi) is 8.08. The van der Waals surface area contributed by atoms with Gasteiger partial charge in [0.05, 0.1) is 12.5 Å². The largest absolute Gasteiger partial charge is 0.295 e. The summed E-state index contributed by atoms with van der Waals surface area (Å²) >= 11 is 0. The van der Waals surface area contributed by atoms with Gasteiger partial charge in [0, 0.05) is 6.04 Å². The summed E-state index contributed by atoms with van der Waals surface area (Å²) in [6.45, 7) is 11.2. The Labute approximate surface area is 130 Å². The number of rotatable bonds is 9. The van der Waals surface area contributed by atoms with Crippen LogP contribution in [0.3, 0.4) is 0 Å². The number of hydrogen-bond donors (Lipinski definition) is 0. The molecule has 0 spiro atoms. The van der Waals surface area contributed by atoms with Crippen LogP contribution in [-0.2, 0) is 0 Å². The van der Waals surface area contributed by atoms with Gasteiger partial charge in [0.25, 0.3) is 0 Å². The van der Waals surface area contributed by atoms with Crippen molar-refractivity contribution in [2.45, 2.75) is 53.0 Å². The highest BCUT2D eigenvalue weighted by Crippen LogP contribution is 2.25. The molecule has 0 aliphatic carbocycles. The summed E-state index contributed by atoms with van der Waals surface area (Å²) in [6, 6.07) is 13.1. The van der Waals surface area contributed by atoms with E-state index in [4.69, 9.17) is 0 Å². The molecule has 0 radical (unpaired) electrons. The molecule has 0 aliphatic heterocycles. The first kappa shape index (κ1) is 17.7. The Morgan fingerprint density at radius 2 is 1.48 bits per heavy atom. The molecule has 0 bridgehead atoms. The van der Waals surface area contributed by atoms with Crippen LogP contribution in [0.5, 0.6) is 0 Å². The van der Waals surface area contributed by atoms with E-state index in [1.807, 2.05) is 6.07 Å². The minimum absolute atomic E-state index is 0.230. The van der Waals surface area contributed by atoms with Gasteiger partial charge in [-0.3, -0.25) is 4.90 Å². The Hall–Kier alpha value is -1.33. The fourth-order valence-corrected chi connectivity index (χ4v) is 2.49. The SMILES string of the molecule is CC(C)CCN(CCC(C)C)C(CC#N)c1ccccc1. The van der Waals surface area contributed by atoms with Crippen molar-refractivity contribution in [3.8, 4) is 6.07 Å². The Morgan fingerprint density at radius 3 is 1.90 bits per heavy atom. The summed E-state index contributed by atoms with van der Waals surface area (Å²) < 4.78 is 0. The zero-order valence-electron chi connectivity index (χ0n) is 14.0. The first-order valence-electron chi connectivity index (χ1n) is 8.20. The molecule has 116 valence electrons. The van der Waals surface area contributed by atoms with Crippen LogP contribution in [0.2, 0.25) is 0 Å². The molecule has 1 rings (SSSR count). The lowest BCUT2D eigenvalue weighted by Crippen LogP contribution is -2.32. The molecule has 0 heterocycles. The third-order valence-corrected chi connectivity index (χ3v) is 3.90. The molecule has 0 N–H and O–H groups in total. The van der Waals surface area contributed by atoms with Crippen LogP contribution < -0.4 is 0 Å². The van der Waals surface area contributed by atoms with E-state index >= 15 is 0 Å². The van der Waals surface area contributed by atoms with Crippen molar-refractivity contribution >= 4 is 0 Å². The zero-order valence-corrected chi connectivity index (χ0v) is 14.0. The topological polar surface area (TPSA) is 27.0 Å². The molecule has 0 saturated heterocycles. The van der Waals surface area contributed by atoms with Crippen molar-refractivity contribution in [1.29, 1.82) is 5.26 Å². The molecule has 2 heteroatoms. The molecule has 0 fully saturated rings. The quantitative estimate of drug-likeness (QED) is 0.636. The monoisotopic (exact) mass is 286 g/mol. The van der Waals surface area contributed by atoms with E-state index in [0.717, 1.165) is 13.1 Å². The summed E-state index contributed by atoms with van der Waals surface area (Å²) in [5.41, 5.74) is 1.27. The molecule has 2 nitrogen and oxygen atoms in total. The maximum absolute atomic E-state index is 9.23. The van der Waals surface area contributed by atoms with Gasteiger partial charge in [0.1, 0.15) is 0 Å². The normalized spacial score (nSPS) is 12.9. The van der Waals surface area contributed by atoms with Gasteiger partial charge in [-0.1, -0.05) is 58.0 Å². The predicted octanol–water partition coefficient (Wildman–Crippen LogP) is 5.04. The maximum atomic E-state index is 9.23. The van der Waals surface area contributed by atoms with Gasteiger partial charge in [0.2, 0.25) is 0 Å². The van der Waals surface area contributed by atoms with Gasteiger partial charge in [-0.2, -0.15) is 5.26 Å². The Balaban J connectivity index is 2.85. The van der Waals surface area contributed by atoms with Gasteiger partial charge in [0.15, 0.2) is 0 Å². The first-order chi connectivity index (χ1) is 10.0. The fourth-order valence-electron chi connectivity index (χ4n) is 2.49. The molecule has 1 atom stereocenters. The summed E-state index contributed by atoms with van der Waals surface area (Å²) in [6.07, 6.45) is 2.94. The van der Waals surface area contributed by atoms with E-state index in [-0.39, 0.29) is 6.04 Å². The second-order valence-corrected chi connectivity index (χ2v) is 6.69. The highest BCUT2D eigenvalue weighted by Gasteiger charge is 2.20. The summed E-state index contributed by atoms with van der Waals surface area (Å²) in [4.78, 5) is 2.51. The van der Waals surface area contributed by atoms with Crippen molar-refractivity contribution in [3.05, 3.63) is 35.9 Å². The average Bonchev–Trinajstić information content (AvgIpc) is 2.46. The van der Waals surface area contributed by atoms with Crippen LogP contribution in [0.1, 0.15) is 58.6 Å². The summed E-state index contributed by atoms with van der Waals surface area (Å²) in [5.74, 6) is 1.40. The van der Waals surface area contributed by atoms with E-state index in [1.54, 1.807) is 0 Å². The average molecular weight is 286 g/mol. The van der Waals surface area contributed by atoms with Crippen molar-refractivity contribution < 1.29 is 0 Å². The van der Waals surface area contributed by atoms with Crippen molar-refractivity contribution in [1.82, 2.24) is 4.90 Å². The third kappa shape index (κ3) is 6.78. The van der Waals surface area contributed by atoms with Gasteiger partial charge in [-0.05, 0) is 43.3 Å². The smallest absolute Gasteiger partial charge is 0.0641 e. The minimum atomic E-state index is 0.230. The molecule has 1 unspecified atom stereocenters. The number of hydrogen-bond acceptors (Lipinski definition) is 2. The second kappa shape index (κ2) is 9.58. The zero-order chi connectivity index (χ0) is 15.7. The predicted molar refractivity (Wildman–Crippen MR) is 89.9 cm³/mol. The lowest BCUT2D eigenvalue weighted by atomic mass is 10.00. The lowest BCUT2D eigenvalue weighted by molar-refractivity contribution is 0.179. The van der Waals surface area contributed by atoms with Gasteiger partial charge in [-0.25, -0.2) is 0 Å². The molecular weight excluding hydrogens is 256 g/mol. The molecule has 1 aromatic carbocycles. The first-order valence-corrected chi connectivity index (χ1v) is 8.20. The van der Waals surface area contributed by atoms with Crippen LogP contribution in [0.15, 0.2) is 30.3 Å². The second-order valence-electron chi connectivity index (χ2n) is 6.69. The Bertz CT molecular complexity index is 405. The van der Waals surface area contributed by atoms with E-state index in [0.29, 0.717) is 18.3 Å². The number of benzene rings is 1. The van der Waals surface area contributed by atoms with E-state index < -0.39 is 0 Å². The molecular formula is C19H30N2. The lowest BCUT2D eigenvalue weighted by Gasteiger charge is -2.32. The molecule has 1 aromatic rings. The van der Waals surface area contributed by atoms with E-state index in [1.165, 1.54) is 18.4 Å². The van der Waals surface area contributed by atoms with Gasteiger partial charge in [-0.15, -0.1) is 0 Å². The third-order valence-electron chi connectivity index (χ3n) is 3.90. The molecule has 0 aromatic heterocycles. The summed E-state index contributed by atoms with van der Waals surface area (Å²) in [5, 5.41) is 9.23. The Morgan fingerprint density at radius 1 is 0.952 bits per heavy atom. The maximum Gasteiger partial charge on any atom is 0.0641 e. The highest BCUT2D eigenvalue weighted by molar-refractivity contribution is 5.20. The van der Waals surface area contributed by atoms with Crippen LogP contribution in [0.4, 0.5) is 0 Å². The molecule has 0 amide bonds. The van der Waals surface area contributed by atoms with Gasteiger partial charge >= 0.3 is 0 Å².